The van der Waals surface area contributed by atoms with E-state index in [1.54, 1.807) is 0 Å². The number of hydrogen-bond donors (Lipinski definition) is 5. The zero-order valence-corrected chi connectivity index (χ0v) is 6.46. The third-order valence-corrected chi connectivity index (χ3v) is 0. The van der Waals surface area contributed by atoms with Crippen LogP contribution in [-0.4, -0.2) is 24.5 Å². The average Bonchev–Trinajstić information content (AvgIpc) is 1.19. The van der Waals surface area contributed by atoms with Crippen molar-refractivity contribution in [1.82, 2.24) is 0 Å². The predicted octanol–water partition coefficient (Wildman–Crippen LogP) is -0.492. The van der Waals surface area contributed by atoms with E-state index in [4.69, 9.17) is 29.0 Å². The van der Waals surface area contributed by atoms with Gasteiger partial charge in [-0.2, -0.15) is 0 Å². The molecule has 0 rings (SSSR count). The summed E-state index contributed by atoms with van der Waals surface area (Å²) in [5.41, 5.74) is 0. The second kappa shape index (κ2) is 5.53. The van der Waals surface area contributed by atoms with E-state index in [9.17, 15) is 0 Å². The Morgan fingerprint density at radius 2 is 1.22 bits per heavy atom. The summed E-state index contributed by atoms with van der Waals surface area (Å²) in [6, 6.07) is 0. The van der Waals surface area contributed by atoms with Gasteiger partial charge in [0, 0.05) is 0 Å². The lowest BCUT2D eigenvalue weighted by Crippen LogP contribution is -1.66. The van der Waals surface area contributed by atoms with Crippen LogP contribution in [0.5, 0.6) is 0 Å². The minimum atomic E-state index is -4.64. The molecule has 0 aromatic heterocycles. The standard InChI is InChI=1S/ClH2O2P.H3O4P/c1-4(2)3;1-5(2,3)4/h2-3H;(H3,1,2,3,4). The van der Waals surface area contributed by atoms with Crippen molar-refractivity contribution in [2.24, 2.45) is 0 Å². The Morgan fingerprint density at radius 1 is 1.22 bits per heavy atom. The Labute approximate surface area is 56.7 Å². The van der Waals surface area contributed by atoms with Gasteiger partial charge in [-0.1, -0.05) is 0 Å². The highest BCUT2D eigenvalue weighted by molar-refractivity contribution is 7.74. The summed E-state index contributed by atoms with van der Waals surface area (Å²) in [6.07, 6.45) is 0. The van der Waals surface area contributed by atoms with Gasteiger partial charge in [0.1, 0.15) is 0 Å². The second-order valence-electron chi connectivity index (χ2n) is 0.754. The van der Waals surface area contributed by atoms with Gasteiger partial charge < -0.3 is 24.5 Å². The van der Waals surface area contributed by atoms with Gasteiger partial charge in [-0.25, -0.2) is 4.57 Å². The second-order valence-corrected chi connectivity index (χ2v) is 3.17. The van der Waals surface area contributed by atoms with Crippen molar-refractivity contribution in [2.75, 3.05) is 0 Å². The average molecular weight is 198 g/mol. The van der Waals surface area contributed by atoms with Gasteiger partial charge in [0.25, 0.3) is 7.73 Å². The van der Waals surface area contributed by atoms with Gasteiger partial charge >= 0.3 is 7.82 Å². The van der Waals surface area contributed by atoms with E-state index in [1.807, 2.05) is 0 Å². The molecule has 6 nitrogen and oxygen atoms in total. The van der Waals surface area contributed by atoms with Crippen molar-refractivity contribution in [3.05, 3.63) is 0 Å². The predicted molar refractivity (Wildman–Crippen MR) is 31.5 cm³/mol. The molecule has 0 spiro atoms. The highest BCUT2D eigenvalue weighted by Gasteiger charge is 2.00. The molecule has 0 aliphatic heterocycles. The molecular formula is H5ClO6P2. The molecule has 0 saturated carbocycles. The van der Waals surface area contributed by atoms with Gasteiger partial charge in [-0.05, 0) is 11.2 Å². The van der Waals surface area contributed by atoms with E-state index in [-0.39, 0.29) is 0 Å². The molecular weight excluding hydrogens is 193 g/mol. The Kier molecular flexibility index (Phi) is 7.63. The minimum Gasteiger partial charge on any atom is -0.338 e. The third kappa shape index (κ3) is 709. The van der Waals surface area contributed by atoms with E-state index in [0.29, 0.717) is 0 Å². The molecule has 0 bridgehead atoms. The molecule has 0 aliphatic carbocycles. The Hall–Kier alpha value is 0.750. The van der Waals surface area contributed by atoms with E-state index in [1.165, 1.54) is 0 Å². The van der Waals surface area contributed by atoms with Crippen molar-refractivity contribution >= 4 is 26.8 Å². The summed E-state index contributed by atoms with van der Waals surface area (Å²) in [5.74, 6) is 0. The molecule has 9 heteroatoms. The molecule has 0 unspecified atom stereocenters. The lowest BCUT2D eigenvalue weighted by molar-refractivity contribution is 0.275. The third-order valence-electron chi connectivity index (χ3n) is 0. The first kappa shape index (κ1) is 12.4. The molecule has 0 amide bonds. The Morgan fingerprint density at radius 3 is 1.22 bits per heavy atom. The summed E-state index contributed by atoms with van der Waals surface area (Å²) in [7, 11) is -6.79. The number of phosphoric acid groups is 1. The summed E-state index contributed by atoms with van der Waals surface area (Å²) in [5, 5.41) is 0. The molecule has 0 fully saturated rings. The van der Waals surface area contributed by atoms with Crippen LogP contribution in [0, 0.1) is 0 Å². The fourth-order valence-corrected chi connectivity index (χ4v) is 0. The molecule has 0 aromatic rings. The van der Waals surface area contributed by atoms with Gasteiger partial charge in [-0.15, -0.1) is 0 Å². The van der Waals surface area contributed by atoms with E-state index < -0.39 is 15.6 Å². The maximum Gasteiger partial charge on any atom is 0.466 e. The van der Waals surface area contributed by atoms with E-state index in [0.717, 1.165) is 0 Å². The van der Waals surface area contributed by atoms with Crippen molar-refractivity contribution in [2.45, 2.75) is 0 Å². The smallest absolute Gasteiger partial charge is 0.338 e. The van der Waals surface area contributed by atoms with Crippen LogP contribution in [0.25, 0.3) is 0 Å². The quantitative estimate of drug-likeness (QED) is 0.335. The van der Waals surface area contributed by atoms with E-state index >= 15 is 0 Å². The van der Waals surface area contributed by atoms with Crippen LogP contribution in [0.3, 0.4) is 0 Å². The number of hydrogen-bond acceptors (Lipinski definition) is 3. The van der Waals surface area contributed by atoms with Crippen LogP contribution in [0.15, 0.2) is 0 Å². The molecule has 0 aromatic carbocycles. The van der Waals surface area contributed by atoms with Crippen molar-refractivity contribution in [3.8, 4) is 0 Å². The SMILES string of the molecule is O=P(O)(O)O.OP(O)Cl. The monoisotopic (exact) mass is 198 g/mol. The Balaban J connectivity index is 0. The maximum atomic E-state index is 8.88. The normalized spacial score (nSPS) is 10.6. The minimum absolute atomic E-state index is 2.15. The summed E-state index contributed by atoms with van der Waals surface area (Å²) in [4.78, 5) is 36.4. The molecule has 5 N–H and O–H groups in total. The van der Waals surface area contributed by atoms with Crippen molar-refractivity contribution in [3.63, 3.8) is 0 Å². The highest BCUT2D eigenvalue weighted by atomic mass is 35.7. The maximum absolute atomic E-state index is 8.88. The largest absolute Gasteiger partial charge is 0.466 e. The fourth-order valence-electron chi connectivity index (χ4n) is 0. The zero-order chi connectivity index (χ0) is 8.08. The highest BCUT2D eigenvalue weighted by Crippen LogP contribution is 2.27. The van der Waals surface area contributed by atoms with Crippen LogP contribution < -0.4 is 0 Å². The number of halogens is 1. The lowest BCUT2D eigenvalue weighted by Gasteiger charge is -1.82. The lowest BCUT2D eigenvalue weighted by atomic mass is 15.8. The summed E-state index contributed by atoms with van der Waals surface area (Å²) < 4.78 is 8.88. The zero-order valence-electron chi connectivity index (χ0n) is 3.92. The molecule has 0 atom stereocenters. The van der Waals surface area contributed by atoms with E-state index in [2.05, 4.69) is 11.2 Å². The summed E-state index contributed by atoms with van der Waals surface area (Å²) >= 11 is 4.45. The molecule has 9 heavy (non-hydrogen) atoms. The molecule has 0 aliphatic rings. The van der Waals surface area contributed by atoms with Gasteiger partial charge in [0.15, 0.2) is 0 Å². The molecule has 0 heterocycles. The van der Waals surface area contributed by atoms with Crippen molar-refractivity contribution < 1.29 is 29.0 Å². The van der Waals surface area contributed by atoms with Crippen molar-refractivity contribution in [1.29, 1.82) is 0 Å². The fraction of sp³-hybridized carbons (Fsp3) is 0. The van der Waals surface area contributed by atoms with Crippen LogP contribution in [0.2, 0.25) is 0 Å². The van der Waals surface area contributed by atoms with Gasteiger partial charge in [-0.3, -0.25) is 0 Å². The van der Waals surface area contributed by atoms with Crippen LogP contribution in [-0.2, 0) is 4.57 Å². The Bertz CT molecular complexity index is 82.2. The molecule has 0 saturated heterocycles. The molecule has 0 radical (unpaired) electrons. The first-order chi connectivity index (χ1) is 3.73. The van der Waals surface area contributed by atoms with Gasteiger partial charge in [0.05, 0.1) is 0 Å². The van der Waals surface area contributed by atoms with Crippen LogP contribution in [0.1, 0.15) is 0 Å². The first-order valence-corrected chi connectivity index (χ1v) is 5.07. The first-order valence-electron chi connectivity index (χ1n) is 1.35. The van der Waals surface area contributed by atoms with Crippen LogP contribution >= 0.6 is 26.8 Å². The molecule has 58 valence electrons. The van der Waals surface area contributed by atoms with Gasteiger partial charge in [0.2, 0.25) is 0 Å². The number of rotatable bonds is 0. The summed E-state index contributed by atoms with van der Waals surface area (Å²) in [6.45, 7) is 0. The topological polar surface area (TPSA) is 118 Å². The van der Waals surface area contributed by atoms with Crippen LogP contribution in [0.4, 0.5) is 0 Å².